The standard InChI is InChI=1S/C14H25N3O2/c1-6-14(5,18)9-16-11-8-7-10(15)12(17-11)19-13(2,3)4/h7-8,18H,6,9,15H2,1-5H3,(H,16,17). The molecule has 5 heteroatoms. The summed E-state index contributed by atoms with van der Waals surface area (Å²) in [5, 5.41) is 13.0. The summed E-state index contributed by atoms with van der Waals surface area (Å²) < 4.78 is 5.69. The molecule has 0 aliphatic rings. The summed E-state index contributed by atoms with van der Waals surface area (Å²) in [4.78, 5) is 4.33. The molecule has 0 radical (unpaired) electrons. The minimum Gasteiger partial charge on any atom is -0.470 e. The van der Waals surface area contributed by atoms with Crippen LogP contribution in [0.1, 0.15) is 41.0 Å². The molecule has 1 atom stereocenters. The van der Waals surface area contributed by atoms with Crippen LogP contribution >= 0.6 is 0 Å². The van der Waals surface area contributed by atoms with Gasteiger partial charge in [-0.15, -0.1) is 0 Å². The van der Waals surface area contributed by atoms with Gasteiger partial charge in [0.25, 0.3) is 0 Å². The van der Waals surface area contributed by atoms with Crippen molar-refractivity contribution in [3.8, 4) is 5.88 Å². The molecule has 0 spiro atoms. The number of nitrogens with zero attached hydrogens (tertiary/aromatic N) is 1. The van der Waals surface area contributed by atoms with Gasteiger partial charge < -0.3 is 20.9 Å². The number of anilines is 2. The molecule has 0 aliphatic heterocycles. The molecule has 0 aromatic carbocycles. The quantitative estimate of drug-likeness (QED) is 0.763. The number of hydrogen-bond acceptors (Lipinski definition) is 5. The molecule has 0 bridgehead atoms. The molecule has 1 aromatic rings. The summed E-state index contributed by atoms with van der Waals surface area (Å²) in [5.41, 5.74) is 5.23. The Balaban J connectivity index is 2.79. The predicted octanol–water partition coefficient (Wildman–Crippen LogP) is 2.41. The molecular formula is C14H25N3O2. The third kappa shape index (κ3) is 5.34. The fourth-order valence-electron chi connectivity index (χ4n) is 1.33. The van der Waals surface area contributed by atoms with Crippen molar-refractivity contribution in [1.82, 2.24) is 4.98 Å². The minimum absolute atomic E-state index is 0.353. The van der Waals surface area contributed by atoms with Crippen LogP contribution in [0.3, 0.4) is 0 Å². The van der Waals surface area contributed by atoms with Crippen LogP contribution in [0.15, 0.2) is 12.1 Å². The molecule has 1 unspecified atom stereocenters. The summed E-state index contributed by atoms with van der Waals surface area (Å²) in [7, 11) is 0. The summed E-state index contributed by atoms with van der Waals surface area (Å²) >= 11 is 0. The lowest BCUT2D eigenvalue weighted by molar-refractivity contribution is 0.0695. The fourth-order valence-corrected chi connectivity index (χ4v) is 1.33. The van der Waals surface area contributed by atoms with Crippen LogP contribution in [0.2, 0.25) is 0 Å². The zero-order valence-corrected chi connectivity index (χ0v) is 12.4. The van der Waals surface area contributed by atoms with Crippen LogP contribution < -0.4 is 15.8 Å². The summed E-state index contributed by atoms with van der Waals surface area (Å²) in [6.45, 7) is 9.97. The monoisotopic (exact) mass is 267 g/mol. The first-order valence-electron chi connectivity index (χ1n) is 6.55. The van der Waals surface area contributed by atoms with E-state index in [4.69, 9.17) is 10.5 Å². The molecule has 1 rings (SSSR count). The van der Waals surface area contributed by atoms with E-state index in [1.807, 2.05) is 27.7 Å². The summed E-state index contributed by atoms with van der Waals surface area (Å²) in [6.07, 6.45) is 0.667. The maximum atomic E-state index is 9.95. The Morgan fingerprint density at radius 1 is 1.32 bits per heavy atom. The molecule has 19 heavy (non-hydrogen) atoms. The normalized spacial score (nSPS) is 14.8. The fraction of sp³-hybridized carbons (Fsp3) is 0.643. The van der Waals surface area contributed by atoms with Crippen LogP contribution in [-0.4, -0.2) is 27.8 Å². The van der Waals surface area contributed by atoms with Crippen LogP contribution in [0, 0.1) is 0 Å². The molecule has 0 fully saturated rings. The lowest BCUT2D eigenvalue weighted by Gasteiger charge is -2.24. The van der Waals surface area contributed by atoms with E-state index in [9.17, 15) is 5.11 Å². The molecule has 1 aromatic heterocycles. The maximum absolute atomic E-state index is 9.95. The molecular weight excluding hydrogens is 242 g/mol. The Labute approximate surface area is 115 Å². The largest absolute Gasteiger partial charge is 0.470 e. The van der Waals surface area contributed by atoms with E-state index < -0.39 is 5.60 Å². The van der Waals surface area contributed by atoms with E-state index in [0.717, 1.165) is 0 Å². The van der Waals surface area contributed by atoms with Gasteiger partial charge in [-0.2, -0.15) is 4.98 Å². The predicted molar refractivity (Wildman–Crippen MR) is 78.4 cm³/mol. The lowest BCUT2D eigenvalue weighted by atomic mass is 10.0. The second-order valence-electron chi connectivity index (χ2n) is 6.01. The van der Waals surface area contributed by atoms with E-state index in [2.05, 4.69) is 10.3 Å². The molecule has 0 saturated carbocycles. The van der Waals surface area contributed by atoms with Crippen molar-refractivity contribution in [3.63, 3.8) is 0 Å². The third-order valence-electron chi connectivity index (χ3n) is 2.70. The second kappa shape index (κ2) is 5.65. The highest BCUT2D eigenvalue weighted by Gasteiger charge is 2.18. The van der Waals surface area contributed by atoms with E-state index in [1.165, 1.54) is 0 Å². The maximum Gasteiger partial charge on any atom is 0.239 e. The molecule has 5 nitrogen and oxygen atoms in total. The number of aromatic nitrogens is 1. The zero-order valence-electron chi connectivity index (χ0n) is 12.4. The number of aliphatic hydroxyl groups is 1. The third-order valence-corrected chi connectivity index (χ3v) is 2.70. The molecule has 0 amide bonds. The van der Waals surface area contributed by atoms with Gasteiger partial charge in [-0.05, 0) is 46.2 Å². The Morgan fingerprint density at radius 3 is 2.47 bits per heavy atom. The average molecular weight is 267 g/mol. The van der Waals surface area contributed by atoms with Crippen molar-refractivity contribution in [1.29, 1.82) is 0 Å². The van der Waals surface area contributed by atoms with Gasteiger partial charge in [0.1, 0.15) is 11.4 Å². The van der Waals surface area contributed by atoms with E-state index in [0.29, 0.717) is 30.4 Å². The SMILES string of the molecule is CCC(C)(O)CNc1ccc(N)c(OC(C)(C)C)n1. The Hall–Kier alpha value is -1.49. The number of nitrogens with two attached hydrogens (primary N) is 1. The van der Waals surface area contributed by atoms with Crippen LogP contribution in [0.4, 0.5) is 11.5 Å². The van der Waals surface area contributed by atoms with E-state index in [-0.39, 0.29) is 5.60 Å². The number of ether oxygens (including phenoxy) is 1. The summed E-state index contributed by atoms with van der Waals surface area (Å²) in [5.74, 6) is 1.05. The second-order valence-corrected chi connectivity index (χ2v) is 6.01. The first kappa shape index (κ1) is 15.6. The van der Waals surface area contributed by atoms with Crippen LogP contribution in [-0.2, 0) is 0 Å². The molecule has 0 saturated heterocycles. The number of rotatable bonds is 5. The first-order valence-corrected chi connectivity index (χ1v) is 6.55. The van der Waals surface area contributed by atoms with Gasteiger partial charge in [-0.3, -0.25) is 0 Å². The Kier molecular flexibility index (Phi) is 4.63. The Bertz CT molecular complexity index is 425. The topological polar surface area (TPSA) is 80.4 Å². The van der Waals surface area contributed by atoms with Gasteiger partial charge in [0.15, 0.2) is 0 Å². The van der Waals surface area contributed by atoms with Gasteiger partial charge in [-0.25, -0.2) is 0 Å². The average Bonchev–Trinajstić information content (AvgIpc) is 2.28. The zero-order chi connectivity index (χ0) is 14.7. The summed E-state index contributed by atoms with van der Waals surface area (Å²) in [6, 6.07) is 3.52. The molecule has 1 heterocycles. The molecule has 108 valence electrons. The van der Waals surface area contributed by atoms with E-state index in [1.54, 1.807) is 19.1 Å². The van der Waals surface area contributed by atoms with Gasteiger partial charge in [-0.1, -0.05) is 6.92 Å². The van der Waals surface area contributed by atoms with E-state index >= 15 is 0 Å². The lowest BCUT2D eigenvalue weighted by Crippen LogP contribution is -2.32. The van der Waals surface area contributed by atoms with Crippen molar-refractivity contribution in [2.24, 2.45) is 0 Å². The smallest absolute Gasteiger partial charge is 0.239 e. The number of nitrogens with one attached hydrogen (secondary N) is 1. The van der Waals surface area contributed by atoms with Crippen LogP contribution in [0.5, 0.6) is 5.88 Å². The first-order chi connectivity index (χ1) is 8.63. The van der Waals surface area contributed by atoms with Crippen molar-refractivity contribution in [2.45, 2.75) is 52.2 Å². The highest BCUT2D eigenvalue weighted by molar-refractivity contribution is 5.53. The van der Waals surface area contributed by atoms with Crippen LogP contribution in [0.25, 0.3) is 0 Å². The van der Waals surface area contributed by atoms with Crippen molar-refractivity contribution < 1.29 is 9.84 Å². The number of nitrogen functional groups attached to an aromatic ring is 1. The van der Waals surface area contributed by atoms with Gasteiger partial charge in [0.2, 0.25) is 5.88 Å². The van der Waals surface area contributed by atoms with Crippen molar-refractivity contribution in [3.05, 3.63) is 12.1 Å². The number of hydrogen-bond donors (Lipinski definition) is 3. The highest BCUT2D eigenvalue weighted by Crippen LogP contribution is 2.25. The van der Waals surface area contributed by atoms with Gasteiger partial charge in [0.05, 0.1) is 11.3 Å². The Morgan fingerprint density at radius 2 is 1.95 bits per heavy atom. The van der Waals surface area contributed by atoms with Gasteiger partial charge >= 0.3 is 0 Å². The van der Waals surface area contributed by atoms with Crippen molar-refractivity contribution >= 4 is 11.5 Å². The van der Waals surface area contributed by atoms with Crippen molar-refractivity contribution in [2.75, 3.05) is 17.6 Å². The molecule has 0 aliphatic carbocycles. The minimum atomic E-state index is -0.756. The number of pyridine rings is 1. The molecule has 4 N–H and O–H groups in total. The highest BCUT2D eigenvalue weighted by atomic mass is 16.5. The van der Waals surface area contributed by atoms with Gasteiger partial charge in [0, 0.05) is 6.54 Å².